The van der Waals surface area contributed by atoms with Crippen molar-refractivity contribution in [2.75, 3.05) is 6.54 Å². The fraction of sp³-hybridized carbons (Fsp3) is 0.455. The van der Waals surface area contributed by atoms with Crippen LogP contribution in [0.25, 0.3) is 0 Å². The molecule has 0 amide bonds. The van der Waals surface area contributed by atoms with Gasteiger partial charge in [-0.25, -0.2) is 0 Å². The topological polar surface area (TPSA) is 25.2 Å². The molecule has 0 aromatic carbocycles. The monoisotopic (exact) mass is 177 g/mol. The molecule has 1 rings (SSSR count). The molecule has 0 radical (unpaired) electrons. The van der Waals surface area contributed by atoms with Crippen molar-refractivity contribution in [1.82, 2.24) is 5.32 Å². The van der Waals surface area contributed by atoms with E-state index >= 15 is 0 Å². The van der Waals surface area contributed by atoms with E-state index < -0.39 is 0 Å². The van der Waals surface area contributed by atoms with Crippen LogP contribution in [0.5, 0.6) is 0 Å². The highest BCUT2D eigenvalue weighted by Gasteiger charge is 2.03. The number of furan rings is 1. The van der Waals surface area contributed by atoms with Gasteiger partial charge in [0.25, 0.3) is 0 Å². The van der Waals surface area contributed by atoms with E-state index in [0.717, 1.165) is 25.1 Å². The van der Waals surface area contributed by atoms with E-state index in [1.807, 2.05) is 12.1 Å². The van der Waals surface area contributed by atoms with Crippen molar-refractivity contribution in [3.8, 4) is 12.3 Å². The summed E-state index contributed by atoms with van der Waals surface area (Å²) in [5.74, 6) is 3.71. The first-order valence-corrected chi connectivity index (χ1v) is 4.58. The Morgan fingerprint density at radius 2 is 2.54 bits per heavy atom. The second kappa shape index (κ2) is 5.45. The third-order valence-electron chi connectivity index (χ3n) is 1.91. The Balaban J connectivity index is 2.29. The van der Waals surface area contributed by atoms with Gasteiger partial charge in [-0.2, -0.15) is 0 Å². The summed E-state index contributed by atoms with van der Waals surface area (Å²) in [6.45, 7) is 2.96. The zero-order valence-corrected chi connectivity index (χ0v) is 7.92. The molecule has 1 N–H and O–H groups in total. The smallest absolute Gasteiger partial charge is 0.103 e. The third-order valence-corrected chi connectivity index (χ3v) is 1.91. The van der Waals surface area contributed by atoms with Crippen molar-refractivity contribution in [2.45, 2.75) is 25.8 Å². The lowest BCUT2D eigenvalue weighted by atomic mass is 10.1. The zero-order chi connectivity index (χ0) is 9.52. The van der Waals surface area contributed by atoms with Gasteiger partial charge in [0.1, 0.15) is 5.76 Å². The number of aryl methyl sites for hydroxylation is 1. The number of hydrogen-bond acceptors (Lipinski definition) is 2. The molecule has 0 saturated heterocycles. The summed E-state index contributed by atoms with van der Waals surface area (Å²) in [7, 11) is 0. The number of hydrogen-bond donors (Lipinski definition) is 1. The van der Waals surface area contributed by atoms with Gasteiger partial charge in [0.05, 0.1) is 12.3 Å². The van der Waals surface area contributed by atoms with Crippen LogP contribution in [0.1, 0.15) is 19.1 Å². The average Bonchev–Trinajstić information content (AvgIpc) is 2.64. The van der Waals surface area contributed by atoms with E-state index in [-0.39, 0.29) is 6.04 Å². The Morgan fingerprint density at radius 3 is 3.08 bits per heavy atom. The molecule has 1 heterocycles. The van der Waals surface area contributed by atoms with Crippen molar-refractivity contribution in [3.05, 3.63) is 24.2 Å². The molecule has 2 heteroatoms. The summed E-state index contributed by atoms with van der Waals surface area (Å²) in [4.78, 5) is 0. The highest BCUT2D eigenvalue weighted by atomic mass is 16.3. The zero-order valence-electron chi connectivity index (χ0n) is 7.92. The number of rotatable bonds is 5. The molecule has 0 bridgehead atoms. The van der Waals surface area contributed by atoms with Gasteiger partial charge in [0.15, 0.2) is 0 Å². The van der Waals surface area contributed by atoms with Gasteiger partial charge in [0.2, 0.25) is 0 Å². The standard InChI is InChI=1S/C11H15NO/c1-3-10(12-4-2)7-8-11-6-5-9-13-11/h1,5-6,9-10,12H,4,7-8H2,2H3. The third kappa shape index (κ3) is 3.35. The normalized spacial score (nSPS) is 12.3. The molecule has 1 atom stereocenters. The molecule has 1 aromatic heterocycles. The maximum atomic E-state index is 5.36. The maximum Gasteiger partial charge on any atom is 0.103 e. The second-order valence-corrected chi connectivity index (χ2v) is 2.89. The molecule has 1 unspecified atom stereocenters. The van der Waals surface area contributed by atoms with Crippen LogP contribution in [0.3, 0.4) is 0 Å². The molecule has 2 nitrogen and oxygen atoms in total. The van der Waals surface area contributed by atoms with E-state index in [2.05, 4.69) is 18.2 Å². The molecule has 0 saturated carbocycles. The maximum absolute atomic E-state index is 5.36. The summed E-state index contributed by atoms with van der Waals surface area (Å²) >= 11 is 0. The predicted molar refractivity (Wildman–Crippen MR) is 53.3 cm³/mol. The molecule has 70 valence electrons. The van der Waals surface area contributed by atoms with E-state index in [9.17, 15) is 0 Å². The highest BCUT2D eigenvalue weighted by molar-refractivity contribution is 5.03. The predicted octanol–water partition coefficient (Wildman–Crippen LogP) is 1.82. The van der Waals surface area contributed by atoms with Gasteiger partial charge in [0, 0.05) is 6.42 Å². The fourth-order valence-corrected chi connectivity index (χ4v) is 1.23. The molecule has 0 aliphatic carbocycles. The fourth-order valence-electron chi connectivity index (χ4n) is 1.23. The molecule has 1 aromatic rings. The van der Waals surface area contributed by atoms with Crippen LogP contribution in [0.15, 0.2) is 22.8 Å². The van der Waals surface area contributed by atoms with E-state index in [0.29, 0.717) is 0 Å². The van der Waals surface area contributed by atoms with Crippen molar-refractivity contribution in [2.24, 2.45) is 0 Å². The summed E-state index contributed by atoms with van der Waals surface area (Å²) in [5.41, 5.74) is 0. The Morgan fingerprint density at radius 1 is 1.69 bits per heavy atom. The van der Waals surface area contributed by atoms with Crippen LogP contribution in [0.4, 0.5) is 0 Å². The SMILES string of the molecule is C#CC(CCc1ccco1)NCC. The Bertz CT molecular complexity index is 258. The lowest BCUT2D eigenvalue weighted by Gasteiger charge is -2.09. The minimum atomic E-state index is 0.162. The van der Waals surface area contributed by atoms with E-state index in [1.54, 1.807) is 6.26 Å². The van der Waals surface area contributed by atoms with Crippen LogP contribution in [-0.4, -0.2) is 12.6 Å². The van der Waals surface area contributed by atoms with Gasteiger partial charge < -0.3 is 9.73 Å². The van der Waals surface area contributed by atoms with Gasteiger partial charge in [-0.1, -0.05) is 12.8 Å². The largest absolute Gasteiger partial charge is 0.469 e. The molecule has 0 aliphatic rings. The Labute approximate surface area is 79.3 Å². The summed E-state index contributed by atoms with van der Waals surface area (Å²) < 4.78 is 5.21. The van der Waals surface area contributed by atoms with Crippen LogP contribution < -0.4 is 5.32 Å². The van der Waals surface area contributed by atoms with E-state index in [1.165, 1.54) is 0 Å². The highest BCUT2D eigenvalue weighted by Crippen LogP contribution is 2.05. The molecule has 0 fully saturated rings. The number of terminal acetylenes is 1. The lowest BCUT2D eigenvalue weighted by Crippen LogP contribution is -2.27. The molecule has 0 spiro atoms. The first-order valence-electron chi connectivity index (χ1n) is 4.58. The average molecular weight is 177 g/mol. The van der Waals surface area contributed by atoms with Crippen LogP contribution in [-0.2, 0) is 6.42 Å². The summed E-state index contributed by atoms with van der Waals surface area (Å²) in [5, 5.41) is 3.22. The molecule has 0 aliphatic heterocycles. The molecular weight excluding hydrogens is 162 g/mol. The molecular formula is C11H15NO. The van der Waals surface area contributed by atoms with Gasteiger partial charge in [-0.3, -0.25) is 0 Å². The quantitative estimate of drug-likeness (QED) is 0.694. The summed E-state index contributed by atoms with van der Waals surface area (Å²) in [6, 6.07) is 4.03. The van der Waals surface area contributed by atoms with Gasteiger partial charge in [-0.05, 0) is 25.1 Å². The Hall–Kier alpha value is -1.20. The first-order chi connectivity index (χ1) is 6.36. The van der Waals surface area contributed by atoms with Crippen molar-refractivity contribution < 1.29 is 4.42 Å². The van der Waals surface area contributed by atoms with Crippen LogP contribution >= 0.6 is 0 Å². The lowest BCUT2D eigenvalue weighted by molar-refractivity contribution is 0.483. The van der Waals surface area contributed by atoms with Gasteiger partial charge >= 0.3 is 0 Å². The molecule has 13 heavy (non-hydrogen) atoms. The number of nitrogens with one attached hydrogen (secondary N) is 1. The van der Waals surface area contributed by atoms with E-state index in [4.69, 9.17) is 10.8 Å². The van der Waals surface area contributed by atoms with Crippen molar-refractivity contribution in [3.63, 3.8) is 0 Å². The van der Waals surface area contributed by atoms with Crippen LogP contribution in [0.2, 0.25) is 0 Å². The second-order valence-electron chi connectivity index (χ2n) is 2.89. The minimum Gasteiger partial charge on any atom is -0.469 e. The van der Waals surface area contributed by atoms with Crippen LogP contribution in [0, 0.1) is 12.3 Å². The Kier molecular flexibility index (Phi) is 4.14. The minimum absolute atomic E-state index is 0.162. The van der Waals surface area contributed by atoms with Crippen molar-refractivity contribution in [1.29, 1.82) is 0 Å². The first kappa shape index (κ1) is 9.88. The summed E-state index contributed by atoms with van der Waals surface area (Å²) in [6.07, 6.45) is 8.87. The van der Waals surface area contributed by atoms with Crippen molar-refractivity contribution >= 4 is 0 Å². The van der Waals surface area contributed by atoms with Gasteiger partial charge in [-0.15, -0.1) is 6.42 Å².